The molecule has 1 atom stereocenters. The van der Waals surface area contributed by atoms with Crippen LogP contribution < -0.4 is 5.69 Å². The molecule has 0 amide bonds. The Morgan fingerprint density at radius 1 is 1.08 bits per heavy atom. The normalized spacial score (nSPS) is 15.6. The third-order valence-electron chi connectivity index (χ3n) is 6.78. The molecule has 39 heavy (non-hydrogen) atoms. The molecule has 4 aromatic rings. The van der Waals surface area contributed by atoms with Crippen LogP contribution in [0.4, 0.5) is 13.2 Å². The van der Waals surface area contributed by atoms with Gasteiger partial charge in [-0.3, -0.25) is 9.47 Å². The van der Waals surface area contributed by atoms with Crippen molar-refractivity contribution in [2.45, 2.75) is 43.8 Å². The van der Waals surface area contributed by atoms with Crippen LogP contribution in [0.15, 0.2) is 53.3 Å². The van der Waals surface area contributed by atoms with Crippen LogP contribution in [-0.4, -0.2) is 65.5 Å². The maximum absolute atomic E-state index is 13.3. The lowest BCUT2D eigenvalue weighted by atomic mass is 10.2. The number of halogens is 5. The summed E-state index contributed by atoms with van der Waals surface area (Å²) in [5, 5.41) is 19.5. The van der Waals surface area contributed by atoms with Crippen molar-refractivity contribution in [3.63, 3.8) is 0 Å². The smallest absolute Gasteiger partial charge is 0.382 e. The van der Waals surface area contributed by atoms with E-state index in [4.69, 9.17) is 28.2 Å². The lowest BCUT2D eigenvalue weighted by Crippen LogP contribution is -2.37. The van der Waals surface area contributed by atoms with E-state index >= 15 is 0 Å². The van der Waals surface area contributed by atoms with Crippen molar-refractivity contribution in [2.24, 2.45) is 0 Å². The fraction of sp³-hybridized carbons (Fsp3) is 0.360. The molecule has 1 N–H and O–H groups in total. The highest BCUT2D eigenvalue weighted by atomic mass is 35.5. The molecule has 2 aromatic heterocycles. The van der Waals surface area contributed by atoms with E-state index in [2.05, 4.69) is 10.2 Å². The van der Waals surface area contributed by atoms with Gasteiger partial charge in [-0.2, -0.15) is 13.2 Å². The van der Waals surface area contributed by atoms with Crippen LogP contribution in [0.2, 0.25) is 10.0 Å². The van der Waals surface area contributed by atoms with Gasteiger partial charge in [0.15, 0.2) is 23.6 Å². The molecule has 2 heterocycles. The monoisotopic (exact) mass is 581 g/mol. The number of aromatic nitrogens is 6. The Bertz CT molecular complexity index is 1560. The number of hydrogen-bond donors (Lipinski definition) is 1. The first-order chi connectivity index (χ1) is 18.4. The molecule has 0 spiro atoms. The zero-order valence-corrected chi connectivity index (χ0v) is 22.4. The third kappa shape index (κ3) is 5.21. The molecule has 1 fully saturated rings. The SMILES string of the molecule is CN(C)C1(c2nc(Cn3nc(-c4ccc(Cl)cc4)n(C[C@H](O)C(F)(F)F)c3=O)nn2-c2ccccc2Cl)CC1. The summed E-state index contributed by atoms with van der Waals surface area (Å²) < 4.78 is 43.0. The van der Waals surface area contributed by atoms with Crippen molar-refractivity contribution in [3.05, 3.63) is 80.7 Å². The quantitative estimate of drug-likeness (QED) is 0.336. The summed E-state index contributed by atoms with van der Waals surface area (Å²) in [6, 6.07) is 13.3. The summed E-state index contributed by atoms with van der Waals surface area (Å²) in [5.74, 6) is 0.801. The number of alkyl halides is 3. The van der Waals surface area contributed by atoms with E-state index in [1.165, 1.54) is 24.3 Å². The van der Waals surface area contributed by atoms with Crippen LogP contribution in [0.1, 0.15) is 24.5 Å². The summed E-state index contributed by atoms with van der Waals surface area (Å²) >= 11 is 12.4. The maximum atomic E-state index is 13.3. The van der Waals surface area contributed by atoms with Crippen molar-refractivity contribution in [1.29, 1.82) is 0 Å². The van der Waals surface area contributed by atoms with Gasteiger partial charge in [-0.25, -0.2) is 19.1 Å². The van der Waals surface area contributed by atoms with E-state index in [0.717, 1.165) is 22.1 Å². The van der Waals surface area contributed by atoms with Gasteiger partial charge in [0.1, 0.15) is 6.54 Å². The van der Waals surface area contributed by atoms with Gasteiger partial charge in [0.05, 0.1) is 22.8 Å². The van der Waals surface area contributed by atoms with Gasteiger partial charge in [-0.05, 0) is 63.3 Å². The Kier molecular flexibility index (Phi) is 7.08. The van der Waals surface area contributed by atoms with E-state index in [1.54, 1.807) is 22.9 Å². The predicted molar refractivity (Wildman–Crippen MR) is 139 cm³/mol. The minimum Gasteiger partial charge on any atom is -0.382 e. The van der Waals surface area contributed by atoms with Crippen molar-refractivity contribution in [2.75, 3.05) is 14.1 Å². The van der Waals surface area contributed by atoms with Crippen LogP contribution >= 0.6 is 23.2 Å². The first-order valence-corrected chi connectivity index (χ1v) is 12.7. The van der Waals surface area contributed by atoms with Gasteiger partial charge in [-0.1, -0.05) is 35.3 Å². The Morgan fingerprint density at radius 2 is 1.74 bits per heavy atom. The molecule has 1 aliphatic rings. The Morgan fingerprint density at radius 3 is 2.33 bits per heavy atom. The average molecular weight is 582 g/mol. The summed E-state index contributed by atoms with van der Waals surface area (Å²) in [4.78, 5) is 20.1. The van der Waals surface area contributed by atoms with E-state index in [-0.39, 0.29) is 23.7 Å². The Labute approximate surface area is 231 Å². The Balaban J connectivity index is 1.59. The molecule has 14 heteroatoms. The number of para-hydroxylation sites is 1. The molecule has 0 radical (unpaired) electrons. The van der Waals surface area contributed by atoms with Crippen LogP contribution in [0, 0.1) is 0 Å². The van der Waals surface area contributed by atoms with Gasteiger partial charge >= 0.3 is 11.9 Å². The second kappa shape index (κ2) is 10.1. The van der Waals surface area contributed by atoms with E-state index in [9.17, 15) is 23.1 Å². The zero-order chi connectivity index (χ0) is 28.1. The number of aliphatic hydroxyl groups excluding tert-OH is 1. The largest absolute Gasteiger partial charge is 0.416 e. The number of nitrogens with zero attached hydrogens (tertiary/aromatic N) is 7. The minimum atomic E-state index is -4.92. The van der Waals surface area contributed by atoms with Crippen LogP contribution in [0.25, 0.3) is 17.1 Å². The lowest BCUT2D eigenvalue weighted by Gasteiger charge is -2.23. The lowest BCUT2D eigenvalue weighted by molar-refractivity contribution is -0.207. The molecule has 1 aliphatic carbocycles. The number of benzene rings is 2. The van der Waals surface area contributed by atoms with E-state index in [1.807, 2.05) is 25.1 Å². The maximum Gasteiger partial charge on any atom is 0.416 e. The van der Waals surface area contributed by atoms with Gasteiger partial charge in [0, 0.05) is 10.6 Å². The predicted octanol–water partition coefficient (Wildman–Crippen LogP) is 4.12. The Hall–Kier alpha value is -3.19. The van der Waals surface area contributed by atoms with Crippen molar-refractivity contribution >= 4 is 23.2 Å². The zero-order valence-electron chi connectivity index (χ0n) is 20.9. The number of rotatable bonds is 8. The molecular weight excluding hydrogens is 558 g/mol. The first-order valence-electron chi connectivity index (χ1n) is 12.0. The molecule has 0 saturated heterocycles. The molecule has 5 rings (SSSR count). The fourth-order valence-corrected chi connectivity index (χ4v) is 4.78. The highest BCUT2D eigenvalue weighted by Gasteiger charge is 2.51. The summed E-state index contributed by atoms with van der Waals surface area (Å²) in [5.41, 5.74) is -0.272. The van der Waals surface area contributed by atoms with Crippen LogP contribution in [-0.2, 0) is 18.6 Å². The summed E-state index contributed by atoms with van der Waals surface area (Å²) in [6.07, 6.45) is -6.01. The average Bonchev–Trinajstić information content (AvgIpc) is 3.51. The van der Waals surface area contributed by atoms with Crippen LogP contribution in [0.5, 0.6) is 0 Å². The highest BCUT2D eigenvalue weighted by Crippen LogP contribution is 2.49. The second-order valence-corrected chi connectivity index (χ2v) is 10.4. The van der Waals surface area contributed by atoms with Gasteiger partial charge in [-0.15, -0.1) is 10.2 Å². The van der Waals surface area contributed by atoms with Crippen molar-refractivity contribution in [1.82, 2.24) is 34.0 Å². The molecule has 0 unspecified atom stereocenters. The first kappa shape index (κ1) is 27.4. The fourth-order valence-electron chi connectivity index (χ4n) is 4.44. The molecule has 0 aliphatic heterocycles. The molecule has 9 nitrogen and oxygen atoms in total. The topological polar surface area (TPSA) is 94.0 Å². The number of hydrogen-bond acceptors (Lipinski definition) is 6. The molecule has 2 aromatic carbocycles. The second-order valence-electron chi connectivity index (χ2n) is 9.58. The van der Waals surface area contributed by atoms with E-state index in [0.29, 0.717) is 27.1 Å². The third-order valence-corrected chi connectivity index (χ3v) is 7.35. The summed E-state index contributed by atoms with van der Waals surface area (Å²) in [7, 11) is 3.88. The molecule has 0 bridgehead atoms. The molecule has 1 saturated carbocycles. The standard InChI is InChI=1S/C25H24Cl2F3N7O2/c1-34(2)24(11-12-24)22-31-20(32-37(22)18-6-4-3-5-17(18)27)14-36-23(39)35(13-19(38)25(28,29)30)21(33-36)15-7-9-16(26)10-8-15/h3-10,19,38H,11-14H2,1-2H3/t19-/m0/s1. The van der Waals surface area contributed by atoms with Gasteiger partial charge in [0.2, 0.25) is 0 Å². The molecule has 206 valence electrons. The van der Waals surface area contributed by atoms with Crippen LogP contribution in [0.3, 0.4) is 0 Å². The van der Waals surface area contributed by atoms with Gasteiger partial charge < -0.3 is 5.11 Å². The minimum absolute atomic E-state index is 0.0577. The van der Waals surface area contributed by atoms with Crippen molar-refractivity contribution in [3.8, 4) is 17.1 Å². The van der Waals surface area contributed by atoms with Crippen molar-refractivity contribution < 1.29 is 18.3 Å². The number of aliphatic hydroxyl groups is 1. The van der Waals surface area contributed by atoms with Gasteiger partial charge in [0.25, 0.3) is 0 Å². The van der Waals surface area contributed by atoms with E-state index < -0.39 is 24.5 Å². The highest BCUT2D eigenvalue weighted by molar-refractivity contribution is 6.32. The molecular formula is C25H24Cl2F3N7O2. The summed E-state index contributed by atoms with van der Waals surface area (Å²) in [6.45, 7) is -1.25.